The minimum atomic E-state index is -1.10. The summed E-state index contributed by atoms with van der Waals surface area (Å²) in [5.74, 6) is -0.277. The Balaban J connectivity index is 1.47. The molecule has 0 fully saturated rings. The van der Waals surface area contributed by atoms with E-state index in [4.69, 9.17) is 37.9 Å². The van der Waals surface area contributed by atoms with E-state index in [1.165, 1.54) is 0 Å². The van der Waals surface area contributed by atoms with Crippen molar-refractivity contribution in [3.05, 3.63) is 59.9 Å². The molecule has 72 heavy (non-hydrogen) atoms. The number of esters is 1. The van der Waals surface area contributed by atoms with Crippen LogP contribution >= 0.6 is 0 Å². The molecule has 0 radical (unpaired) electrons. The summed E-state index contributed by atoms with van der Waals surface area (Å²) in [5.41, 5.74) is 1.51. The molecule has 3 aromatic rings. The highest BCUT2D eigenvalue weighted by Crippen LogP contribution is 2.40. The van der Waals surface area contributed by atoms with Gasteiger partial charge in [-0.2, -0.15) is 0 Å². The van der Waals surface area contributed by atoms with Gasteiger partial charge in [-0.05, 0) is 65.8 Å². The van der Waals surface area contributed by atoms with Crippen LogP contribution in [-0.2, 0) is 51.0 Å². The smallest absolute Gasteiger partial charge is 0.338 e. The number of aryl methyl sites for hydroxylation is 1. The van der Waals surface area contributed by atoms with Crippen molar-refractivity contribution in [3.63, 3.8) is 0 Å². The fourth-order valence-electron chi connectivity index (χ4n) is 8.16. The first kappa shape index (κ1) is 63.0. The summed E-state index contributed by atoms with van der Waals surface area (Å²) in [6, 6.07) is 13.6. The summed E-state index contributed by atoms with van der Waals surface area (Å²) in [7, 11) is 0. The first-order chi connectivity index (χ1) is 34.5. The Morgan fingerprint density at radius 1 is 0.569 bits per heavy atom. The van der Waals surface area contributed by atoms with Crippen LogP contribution in [0.15, 0.2) is 48.7 Å². The lowest BCUT2D eigenvalue weighted by atomic mass is 9.70. The zero-order valence-corrected chi connectivity index (χ0v) is 43.1. The minimum absolute atomic E-state index is 0.0486. The van der Waals surface area contributed by atoms with Crippen molar-refractivity contribution < 1.29 is 83.5 Å². The summed E-state index contributed by atoms with van der Waals surface area (Å²) in [4.78, 5) is 12.6. The van der Waals surface area contributed by atoms with Gasteiger partial charge in [0.25, 0.3) is 0 Å². The molecule has 0 saturated heterocycles. The molecular weight excluding hydrogens is 939 g/mol. The molecule has 1 heterocycles. The van der Waals surface area contributed by atoms with E-state index in [9.17, 15) is 45.6 Å². The number of unbranched alkanes of at least 4 members (excludes halogenated alkanes) is 4. The number of fused-ring (bicyclic) bond motifs is 1. The standard InChI is InChI=1S/C52H87N3O17/c1-51(2,38-52(3,4)18-10-6-12-20-69-50(64)41-16-15-39-13-7-8-14-40(39)21-41)17-9-5-11-19-55-22-42(53-54-55)27-70-49(36-71-47(32-65-28-43(60)23-56)33-66-29-44(61)24-57)37-72-48(34-67-30-45(62)25-58)35-68-31-46(63)26-59/h7-8,13-16,21-22,43-49,56-63H,5-6,9-12,17-20,23-38H2,1-4H3. The molecule has 2 aromatic carbocycles. The lowest BCUT2D eigenvalue weighted by molar-refractivity contribution is -0.141. The van der Waals surface area contributed by atoms with Crippen LogP contribution in [0.2, 0.25) is 0 Å². The Labute approximate surface area is 425 Å². The van der Waals surface area contributed by atoms with Crippen LogP contribution in [0.1, 0.15) is 102 Å². The minimum Gasteiger partial charge on any atom is -0.462 e. The largest absolute Gasteiger partial charge is 0.462 e. The van der Waals surface area contributed by atoms with E-state index in [-0.39, 0.29) is 89.5 Å². The van der Waals surface area contributed by atoms with Gasteiger partial charge >= 0.3 is 5.97 Å². The summed E-state index contributed by atoms with van der Waals surface area (Å²) < 4.78 is 48.0. The van der Waals surface area contributed by atoms with Crippen molar-refractivity contribution in [1.29, 1.82) is 0 Å². The molecule has 0 aliphatic rings. The van der Waals surface area contributed by atoms with Gasteiger partial charge in [-0.3, -0.25) is 4.68 Å². The van der Waals surface area contributed by atoms with Crippen molar-refractivity contribution >= 4 is 16.7 Å². The van der Waals surface area contributed by atoms with Crippen LogP contribution in [0.4, 0.5) is 0 Å². The topological polar surface area (TPSA) is 283 Å². The zero-order valence-electron chi connectivity index (χ0n) is 43.1. The van der Waals surface area contributed by atoms with Crippen LogP contribution in [0.25, 0.3) is 10.8 Å². The summed E-state index contributed by atoms with van der Waals surface area (Å²) in [6.07, 6.45) is 4.53. The quantitative estimate of drug-likeness (QED) is 0.0299. The molecule has 0 saturated carbocycles. The fourth-order valence-corrected chi connectivity index (χ4v) is 8.16. The molecule has 4 atom stereocenters. The van der Waals surface area contributed by atoms with E-state index in [0.29, 0.717) is 24.4 Å². The third-order valence-electron chi connectivity index (χ3n) is 11.8. The van der Waals surface area contributed by atoms with Gasteiger partial charge in [0.05, 0.1) is 117 Å². The average Bonchev–Trinajstić information content (AvgIpc) is 3.82. The second kappa shape index (κ2) is 35.8. The number of aliphatic hydroxyl groups is 8. The number of ether oxygens (including phenoxy) is 8. The molecule has 20 heteroatoms. The number of rotatable bonds is 44. The highest BCUT2D eigenvalue weighted by atomic mass is 16.6. The first-order valence-electron chi connectivity index (χ1n) is 25.4. The van der Waals surface area contributed by atoms with Crippen LogP contribution < -0.4 is 0 Å². The Morgan fingerprint density at radius 2 is 1.04 bits per heavy atom. The van der Waals surface area contributed by atoms with Crippen molar-refractivity contribution in [2.45, 2.75) is 141 Å². The van der Waals surface area contributed by atoms with Crippen LogP contribution in [0.5, 0.6) is 0 Å². The normalized spacial score (nSPS) is 15.3. The zero-order chi connectivity index (χ0) is 52.6. The van der Waals surface area contributed by atoms with Gasteiger partial charge in [0.1, 0.15) is 48.4 Å². The highest BCUT2D eigenvalue weighted by molar-refractivity contribution is 5.95. The van der Waals surface area contributed by atoms with E-state index in [2.05, 4.69) is 38.0 Å². The molecule has 0 aliphatic carbocycles. The van der Waals surface area contributed by atoms with Gasteiger partial charge in [-0.25, -0.2) is 4.79 Å². The number of hydrogen-bond donors (Lipinski definition) is 8. The molecular formula is C52H87N3O17. The lowest BCUT2D eigenvalue weighted by Gasteiger charge is -2.35. The van der Waals surface area contributed by atoms with E-state index in [0.717, 1.165) is 68.6 Å². The highest BCUT2D eigenvalue weighted by Gasteiger charge is 2.28. The van der Waals surface area contributed by atoms with Gasteiger partial charge in [-0.15, -0.1) is 5.10 Å². The molecule has 4 unspecified atom stereocenters. The van der Waals surface area contributed by atoms with E-state index in [1.807, 2.05) is 48.7 Å². The number of nitrogens with zero attached hydrogens (tertiary/aromatic N) is 3. The SMILES string of the molecule is CC(C)(CCCCCOC(=O)c1ccc2ccccc2c1)CC(C)(C)CCCCCn1cc(COC(COC(COCC(O)CO)COCC(O)CO)COC(COCC(O)CO)COCC(O)CO)nn1. The van der Waals surface area contributed by atoms with E-state index >= 15 is 0 Å². The van der Waals surface area contributed by atoms with Gasteiger partial charge < -0.3 is 78.7 Å². The maximum atomic E-state index is 12.6. The number of carbonyl (C=O) groups is 1. The van der Waals surface area contributed by atoms with Crippen molar-refractivity contribution in [2.75, 3.05) is 99.1 Å². The average molecular weight is 1030 g/mol. The maximum absolute atomic E-state index is 12.6. The third kappa shape index (κ3) is 27.8. The lowest BCUT2D eigenvalue weighted by Crippen LogP contribution is -2.37. The predicted molar refractivity (Wildman–Crippen MR) is 267 cm³/mol. The molecule has 8 N–H and O–H groups in total. The van der Waals surface area contributed by atoms with E-state index in [1.54, 1.807) is 4.68 Å². The molecule has 0 amide bonds. The van der Waals surface area contributed by atoms with Gasteiger partial charge in [0.15, 0.2) is 0 Å². The Hall–Kier alpha value is -3.29. The van der Waals surface area contributed by atoms with Crippen LogP contribution in [-0.4, -0.2) is 204 Å². The van der Waals surface area contributed by atoms with Crippen molar-refractivity contribution in [3.8, 4) is 0 Å². The van der Waals surface area contributed by atoms with Gasteiger partial charge in [0.2, 0.25) is 0 Å². The molecule has 1 aromatic heterocycles. The fraction of sp³-hybridized carbons (Fsp3) is 0.750. The number of carbonyl (C=O) groups excluding carboxylic acids is 1. The molecule has 412 valence electrons. The molecule has 0 aliphatic heterocycles. The number of hydrogen-bond acceptors (Lipinski definition) is 19. The second-order valence-corrected chi connectivity index (χ2v) is 20.1. The number of aliphatic hydroxyl groups excluding tert-OH is 8. The first-order valence-corrected chi connectivity index (χ1v) is 25.4. The number of aromatic nitrogens is 3. The Morgan fingerprint density at radius 3 is 1.54 bits per heavy atom. The Bertz CT molecular complexity index is 1780. The van der Waals surface area contributed by atoms with Gasteiger partial charge in [-0.1, -0.05) is 88.9 Å². The Kier molecular flexibility index (Phi) is 31.3. The molecule has 0 spiro atoms. The summed E-state index contributed by atoms with van der Waals surface area (Å²) >= 11 is 0. The predicted octanol–water partition coefficient (Wildman–Crippen LogP) is 2.99. The molecule has 20 nitrogen and oxygen atoms in total. The van der Waals surface area contributed by atoms with E-state index < -0.39 is 69.2 Å². The maximum Gasteiger partial charge on any atom is 0.338 e. The van der Waals surface area contributed by atoms with Crippen LogP contribution in [0, 0.1) is 10.8 Å². The number of benzene rings is 2. The molecule has 3 rings (SSSR count). The van der Waals surface area contributed by atoms with Crippen molar-refractivity contribution in [2.24, 2.45) is 10.8 Å². The van der Waals surface area contributed by atoms with Crippen molar-refractivity contribution in [1.82, 2.24) is 15.0 Å². The summed E-state index contributed by atoms with van der Waals surface area (Å²) in [6.45, 7) is 7.59. The van der Waals surface area contributed by atoms with Gasteiger partial charge in [0, 0.05) is 6.54 Å². The third-order valence-corrected chi connectivity index (χ3v) is 11.8. The monoisotopic (exact) mass is 1030 g/mol. The summed E-state index contributed by atoms with van der Waals surface area (Å²) in [5, 5.41) is 86.6. The van der Waals surface area contributed by atoms with Crippen LogP contribution in [0.3, 0.4) is 0 Å². The molecule has 0 bridgehead atoms. The second-order valence-electron chi connectivity index (χ2n) is 20.1.